The van der Waals surface area contributed by atoms with Gasteiger partial charge in [0.15, 0.2) is 0 Å². The molecule has 0 aliphatic heterocycles. The summed E-state index contributed by atoms with van der Waals surface area (Å²) in [6.07, 6.45) is -0.134. The Bertz CT molecular complexity index is 671. The van der Waals surface area contributed by atoms with Crippen LogP contribution in [0.15, 0.2) is 48.5 Å². The number of hydrogen-bond donors (Lipinski definition) is 2. The molecule has 1 amide bonds. The maximum atomic E-state index is 13.5. The van der Waals surface area contributed by atoms with E-state index in [2.05, 4.69) is 5.32 Å². The predicted octanol–water partition coefficient (Wildman–Crippen LogP) is 2.14. The standard InChI is InChI=1S/C17H16FNO2/c18-14-8-4-2-6-12(14)10-16(21)19-17-13-7-3-1-5-11(13)9-15(17)20/h1-8,15,17,20H,9-10H2,(H,19,21). The number of aliphatic hydroxyl groups is 1. The molecule has 3 nitrogen and oxygen atoms in total. The lowest BCUT2D eigenvalue weighted by Crippen LogP contribution is -2.34. The van der Waals surface area contributed by atoms with Crippen LogP contribution >= 0.6 is 0 Å². The van der Waals surface area contributed by atoms with Crippen molar-refractivity contribution in [1.29, 1.82) is 0 Å². The third-order valence-corrected chi connectivity index (χ3v) is 3.83. The van der Waals surface area contributed by atoms with E-state index < -0.39 is 12.1 Å². The first-order valence-corrected chi connectivity index (χ1v) is 6.94. The Hall–Kier alpha value is -2.20. The first kappa shape index (κ1) is 13.8. The second kappa shape index (κ2) is 5.66. The molecule has 2 N–H and O–H groups in total. The Morgan fingerprint density at radius 2 is 1.90 bits per heavy atom. The Kier molecular flexibility index (Phi) is 3.71. The van der Waals surface area contributed by atoms with E-state index in [1.54, 1.807) is 18.2 Å². The quantitative estimate of drug-likeness (QED) is 0.907. The van der Waals surface area contributed by atoms with Crippen LogP contribution in [0, 0.1) is 5.82 Å². The molecule has 0 fully saturated rings. The fraction of sp³-hybridized carbons (Fsp3) is 0.235. The van der Waals surface area contributed by atoms with Crippen molar-refractivity contribution in [3.63, 3.8) is 0 Å². The molecule has 0 spiro atoms. The van der Waals surface area contributed by atoms with Gasteiger partial charge in [-0.3, -0.25) is 4.79 Å². The Labute approximate surface area is 122 Å². The predicted molar refractivity (Wildman–Crippen MR) is 77.1 cm³/mol. The number of halogens is 1. The highest BCUT2D eigenvalue weighted by molar-refractivity contribution is 5.79. The van der Waals surface area contributed by atoms with E-state index in [9.17, 15) is 14.3 Å². The number of amides is 1. The fourth-order valence-corrected chi connectivity index (χ4v) is 2.79. The highest BCUT2D eigenvalue weighted by Crippen LogP contribution is 2.31. The topological polar surface area (TPSA) is 49.3 Å². The highest BCUT2D eigenvalue weighted by Gasteiger charge is 2.31. The van der Waals surface area contributed by atoms with Gasteiger partial charge in [-0.2, -0.15) is 0 Å². The van der Waals surface area contributed by atoms with Gasteiger partial charge in [0, 0.05) is 6.42 Å². The summed E-state index contributed by atoms with van der Waals surface area (Å²) in [6, 6.07) is 13.4. The number of carbonyl (C=O) groups is 1. The van der Waals surface area contributed by atoms with E-state index in [0.29, 0.717) is 12.0 Å². The molecular weight excluding hydrogens is 269 g/mol. The number of nitrogens with one attached hydrogen (secondary N) is 1. The van der Waals surface area contributed by atoms with Gasteiger partial charge in [-0.1, -0.05) is 42.5 Å². The van der Waals surface area contributed by atoms with E-state index in [4.69, 9.17) is 0 Å². The summed E-state index contributed by atoms with van der Waals surface area (Å²) in [4.78, 5) is 12.1. The lowest BCUT2D eigenvalue weighted by Gasteiger charge is -2.18. The van der Waals surface area contributed by atoms with Crippen LogP contribution < -0.4 is 5.32 Å². The van der Waals surface area contributed by atoms with Crippen molar-refractivity contribution in [2.75, 3.05) is 0 Å². The fourth-order valence-electron chi connectivity index (χ4n) is 2.79. The minimum Gasteiger partial charge on any atom is -0.390 e. The molecule has 21 heavy (non-hydrogen) atoms. The number of aliphatic hydroxyl groups excluding tert-OH is 1. The normalized spacial score (nSPS) is 20.1. The van der Waals surface area contributed by atoms with Gasteiger partial charge < -0.3 is 10.4 Å². The minimum atomic E-state index is -0.632. The first-order valence-electron chi connectivity index (χ1n) is 6.94. The molecule has 0 aromatic heterocycles. The molecule has 2 aromatic carbocycles. The molecule has 2 atom stereocenters. The monoisotopic (exact) mass is 285 g/mol. The van der Waals surface area contributed by atoms with Crippen molar-refractivity contribution < 1.29 is 14.3 Å². The summed E-state index contributed by atoms with van der Waals surface area (Å²) >= 11 is 0. The molecule has 0 bridgehead atoms. The molecule has 2 aromatic rings. The lowest BCUT2D eigenvalue weighted by atomic mass is 10.1. The summed E-state index contributed by atoms with van der Waals surface area (Å²) in [6.45, 7) is 0. The van der Waals surface area contributed by atoms with E-state index in [0.717, 1.165) is 11.1 Å². The molecule has 0 saturated heterocycles. The van der Waals surface area contributed by atoms with Crippen molar-refractivity contribution >= 4 is 5.91 Å². The number of rotatable bonds is 3. The number of hydrogen-bond acceptors (Lipinski definition) is 2. The van der Waals surface area contributed by atoms with Crippen LogP contribution in [0.2, 0.25) is 0 Å². The molecular formula is C17H16FNO2. The first-order chi connectivity index (χ1) is 10.1. The van der Waals surface area contributed by atoms with Gasteiger partial charge in [0.05, 0.1) is 18.6 Å². The molecule has 0 saturated carbocycles. The van der Waals surface area contributed by atoms with Gasteiger partial charge in [0.1, 0.15) is 5.82 Å². The van der Waals surface area contributed by atoms with Crippen molar-refractivity contribution in [3.8, 4) is 0 Å². The number of benzene rings is 2. The number of fused-ring (bicyclic) bond motifs is 1. The van der Waals surface area contributed by atoms with Crippen LogP contribution in [0.3, 0.4) is 0 Å². The lowest BCUT2D eigenvalue weighted by molar-refractivity contribution is -0.122. The highest BCUT2D eigenvalue weighted by atomic mass is 19.1. The van der Waals surface area contributed by atoms with E-state index in [1.165, 1.54) is 6.07 Å². The maximum Gasteiger partial charge on any atom is 0.225 e. The van der Waals surface area contributed by atoms with Crippen molar-refractivity contribution in [3.05, 3.63) is 71.0 Å². The third kappa shape index (κ3) is 2.81. The van der Waals surface area contributed by atoms with Gasteiger partial charge in [-0.05, 0) is 22.8 Å². The van der Waals surface area contributed by atoms with Gasteiger partial charge in [-0.15, -0.1) is 0 Å². The molecule has 4 heteroatoms. The Balaban J connectivity index is 1.72. The summed E-state index contributed by atoms with van der Waals surface area (Å²) in [5.41, 5.74) is 2.34. The zero-order valence-electron chi connectivity index (χ0n) is 11.4. The molecule has 108 valence electrons. The van der Waals surface area contributed by atoms with Crippen LogP contribution in [0.5, 0.6) is 0 Å². The van der Waals surface area contributed by atoms with Crippen LogP contribution in [-0.4, -0.2) is 17.1 Å². The van der Waals surface area contributed by atoms with Gasteiger partial charge in [0.2, 0.25) is 5.91 Å². The van der Waals surface area contributed by atoms with E-state index >= 15 is 0 Å². The average molecular weight is 285 g/mol. The van der Waals surface area contributed by atoms with Crippen molar-refractivity contribution in [2.24, 2.45) is 0 Å². The third-order valence-electron chi connectivity index (χ3n) is 3.83. The molecule has 0 radical (unpaired) electrons. The summed E-state index contributed by atoms with van der Waals surface area (Å²) in [5, 5.41) is 12.9. The van der Waals surface area contributed by atoms with Crippen LogP contribution in [0.1, 0.15) is 22.7 Å². The van der Waals surface area contributed by atoms with Crippen LogP contribution in [0.25, 0.3) is 0 Å². The molecule has 1 aliphatic carbocycles. The molecule has 1 aliphatic rings. The van der Waals surface area contributed by atoms with Gasteiger partial charge in [0.25, 0.3) is 0 Å². The summed E-state index contributed by atoms with van der Waals surface area (Å²) < 4.78 is 13.5. The van der Waals surface area contributed by atoms with Crippen molar-refractivity contribution in [2.45, 2.75) is 25.0 Å². The van der Waals surface area contributed by atoms with E-state index in [1.807, 2.05) is 24.3 Å². The smallest absolute Gasteiger partial charge is 0.225 e. The van der Waals surface area contributed by atoms with Crippen LogP contribution in [-0.2, 0) is 17.6 Å². The SMILES string of the molecule is O=C(Cc1ccccc1F)NC1c2ccccc2CC1O. The zero-order valence-corrected chi connectivity index (χ0v) is 11.4. The second-order valence-electron chi connectivity index (χ2n) is 5.28. The Morgan fingerprint density at radius 3 is 2.71 bits per heavy atom. The van der Waals surface area contributed by atoms with Gasteiger partial charge in [-0.25, -0.2) is 4.39 Å². The van der Waals surface area contributed by atoms with Crippen LogP contribution in [0.4, 0.5) is 4.39 Å². The van der Waals surface area contributed by atoms with Gasteiger partial charge >= 0.3 is 0 Å². The Morgan fingerprint density at radius 1 is 1.19 bits per heavy atom. The minimum absolute atomic E-state index is 0.0297. The average Bonchev–Trinajstić information content (AvgIpc) is 2.78. The zero-order chi connectivity index (χ0) is 14.8. The summed E-state index contributed by atoms with van der Waals surface area (Å²) in [7, 11) is 0. The van der Waals surface area contributed by atoms with E-state index in [-0.39, 0.29) is 18.1 Å². The number of carbonyl (C=O) groups excluding carboxylic acids is 1. The summed E-state index contributed by atoms with van der Waals surface area (Å²) in [5.74, 6) is -0.680. The molecule has 3 rings (SSSR count). The molecule has 0 heterocycles. The second-order valence-corrected chi connectivity index (χ2v) is 5.28. The largest absolute Gasteiger partial charge is 0.390 e. The maximum absolute atomic E-state index is 13.5. The molecule has 2 unspecified atom stereocenters. The van der Waals surface area contributed by atoms with Crippen molar-refractivity contribution in [1.82, 2.24) is 5.32 Å².